The second kappa shape index (κ2) is 11.9. The van der Waals surface area contributed by atoms with Gasteiger partial charge in [-0.25, -0.2) is 9.37 Å². The molecule has 196 valence electrons. The Bertz CT molecular complexity index is 1600. The number of hydrogen-bond acceptors (Lipinski definition) is 6. The maximum atomic E-state index is 13.4. The van der Waals surface area contributed by atoms with E-state index in [2.05, 4.69) is 47.3 Å². The SMILES string of the molecule is COc1cc(C=Nn2c(C(C)C)nc3ccc(Br)cc3c2=O)cc(Br)c1OCC(=O)Nc1cccc(F)c1. The van der Waals surface area contributed by atoms with Gasteiger partial charge in [0.15, 0.2) is 18.1 Å². The lowest BCUT2D eigenvalue weighted by Crippen LogP contribution is -2.23. The summed E-state index contributed by atoms with van der Waals surface area (Å²) in [5, 5.41) is 7.46. The number of carbonyl (C=O) groups excluding carboxylic acids is 1. The molecule has 0 bridgehead atoms. The van der Waals surface area contributed by atoms with Gasteiger partial charge in [-0.3, -0.25) is 9.59 Å². The molecule has 0 spiro atoms. The van der Waals surface area contributed by atoms with Crippen LogP contribution in [0.15, 0.2) is 73.4 Å². The molecule has 1 aromatic heterocycles. The quantitative estimate of drug-likeness (QED) is 0.234. The Balaban J connectivity index is 1.59. The highest BCUT2D eigenvalue weighted by Crippen LogP contribution is 2.36. The third kappa shape index (κ3) is 6.28. The minimum absolute atomic E-state index is 0.0523. The highest BCUT2D eigenvalue weighted by molar-refractivity contribution is 9.10. The molecule has 0 aliphatic heterocycles. The Labute approximate surface area is 234 Å². The number of aromatic nitrogens is 2. The van der Waals surface area contributed by atoms with Crippen molar-refractivity contribution in [2.24, 2.45) is 5.10 Å². The molecule has 0 atom stereocenters. The molecule has 0 fully saturated rings. The van der Waals surface area contributed by atoms with Gasteiger partial charge < -0.3 is 14.8 Å². The molecule has 0 aliphatic carbocycles. The molecular formula is C27H23Br2FN4O4. The van der Waals surface area contributed by atoms with Crippen molar-refractivity contribution in [2.45, 2.75) is 19.8 Å². The zero-order valence-corrected chi connectivity index (χ0v) is 23.8. The molecule has 8 nitrogen and oxygen atoms in total. The summed E-state index contributed by atoms with van der Waals surface area (Å²) in [6.07, 6.45) is 1.52. The van der Waals surface area contributed by atoms with Crippen molar-refractivity contribution in [3.05, 3.63) is 91.1 Å². The summed E-state index contributed by atoms with van der Waals surface area (Å²) >= 11 is 6.85. The molecule has 4 rings (SSSR count). The third-order valence-corrected chi connectivity index (χ3v) is 6.46. The van der Waals surface area contributed by atoms with Crippen molar-refractivity contribution in [1.82, 2.24) is 9.66 Å². The van der Waals surface area contributed by atoms with Crippen LogP contribution in [0, 0.1) is 5.82 Å². The first-order valence-corrected chi connectivity index (χ1v) is 13.1. The van der Waals surface area contributed by atoms with E-state index in [4.69, 9.17) is 9.47 Å². The molecule has 38 heavy (non-hydrogen) atoms. The van der Waals surface area contributed by atoms with Gasteiger partial charge in [-0.15, -0.1) is 0 Å². The molecule has 0 unspecified atom stereocenters. The Morgan fingerprint density at radius 2 is 1.97 bits per heavy atom. The number of anilines is 1. The normalized spacial score (nSPS) is 11.3. The fourth-order valence-electron chi connectivity index (χ4n) is 3.63. The smallest absolute Gasteiger partial charge is 0.282 e. The Kier molecular flexibility index (Phi) is 8.58. The molecule has 1 amide bonds. The lowest BCUT2D eigenvalue weighted by atomic mass is 10.2. The Morgan fingerprint density at radius 1 is 1.18 bits per heavy atom. The highest BCUT2D eigenvalue weighted by Gasteiger charge is 2.16. The van der Waals surface area contributed by atoms with Crippen LogP contribution in [0.5, 0.6) is 11.5 Å². The number of carbonyl (C=O) groups is 1. The highest BCUT2D eigenvalue weighted by atomic mass is 79.9. The molecule has 4 aromatic rings. The minimum Gasteiger partial charge on any atom is -0.493 e. The minimum atomic E-state index is -0.466. The summed E-state index contributed by atoms with van der Waals surface area (Å²) in [5.74, 6) is 0.194. The summed E-state index contributed by atoms with van der Waals surface area (Å²) in [6, 6.07) is 14.3. The summed E-state index contributed by atoms with van der Waals surface area (Å²) in [4.78, 5) is 30.2. The predicted octanol–water partition coefficient (Wildman–Crippen LogP) is 6.09. The van der Waals surface area contributed by atoms with Crippen molar-refractivity contribution < 1.29 is 18.7 Å². The number of methoxy groups -OCH3 is 1. The fraction of sp³-hybridized carbons (Fsp3) is 0.185. The number of rotatable bonds is 8. The maximum Gasteiger partial charge on any atom is 0.282 e. The van der Waals surface area contributed by atoms with Gasteiger partial charge in [0, 0.05) is 16.1 Å². The monoisotopic (exact) mass is 644 g/mol. The van der Waals surface area contributed by atoms with Crippen LogP contribution in [-0.2, 0) is 4.79 Å². The van der Waals surface area contributed by atoms with Gasteiger partial charge in [-0.2, -0.15) is 9.78 Å². The van der Waals surface area contributed by atoms with E-state index in [0.717, 1.165) is 4.47 Å². The summed E-state index contributed by atoms with van der Waals surface area (Å²) < 4.78 is 27.1. The van der Waals surface area contributed by atoms with Crippen molar-refractivity contribution in [2.75, 3.05) is 19.0 Å². The van der Waals surface area contributed by atoms with Crippen LogP contribution in [0.2, 0.25) is 0 Å². The van der Waals surface area contributed by atoms with Crippen molar-refractivity contribution in [3.63, 3.8) is 0 Å². The predicted molar refractivity (Wildman–Crippen MR) is 152 cm³/mol. The standard InChI is InChI=1S/C27H23Br2FN4O4/c1-15(2)26-33-22-8-7-17(28)11-20(22)27(36)34(26)31-13-16-9-21(29)25(23(10-16)37-3)38-14-24(35)32-19-6-4-5-18(30)12-19/h4-13,15H,14H2,1-3H3,(H,32,35). The number of fused-ring (bicyclic) bond motifs is 1. The molecule has 1 N–H and O–H groups in total. The number of amides is 1. The van der Waals surface area contributed by atoms with Crippen LogP contribution in [0.4, 0.5) is 10.1 Å². The average molecular weight is 646 g/mol. The van der Waals surface area contributed by atoms with Gasteiger partial charge in [0.05, 0.1) is 28.7 Å². The zero-order valence-electron chi connectivity index (χ0n) is 20.7. The number of halogens is 3. The molecule has 0 saturated heterocycles. The van der Waals surface area contributed by atoms with Gasteiger partial charge in [-0.1, -0.05) is 35.8 Å². The summed E-state index contributed by atoms with van der Waals surface area (Å²) in [5.41, 5.74) is 1.25. The van der Waals surface area contributed by atoms with Crippen LogP contribution in [0.1, 0.15) is 31.2 Å². The molecular weight excluding hydrogens is 623 g/mol. The third-order valence-electron chi connectivity index (χ3n) is 5.38. The van der Waals surface area contributed by atoms with Crippen molar-refractivity contribution in [1.29, 1.82) is 0 Å². The van der Waals surface area contributed by atoms with E-state index in [1.807, 2.05) is 19.9 Å². The van der Waals surface area contributed by atoms with Gasteiger partial charge in [0.1, 0.15) is 11.6 Å². The number of nitrogens with zero attached hydrogens (tertiary/aromatic N) is 3. The first-order valence-electron chi connectivity index (χ1n) is 11.5. The van der Waals surface area contributed by atoms with Crippen LogP contribution in [0.25, 0.3) is 10.9 Å². The van der Waals surface area contributed by atoms with E-state index in [1.165, 1.54) is 36.2 Å². The van der Waals surface area contributed by atoms with E-state index in [0.29, 0.717) is 43.9 Å². The molecule has 0 aliphatic rings. The lowest BCUT2D eigenvalue weighted by molar-refractivity contribution is -0.118. The maximum absolute atomic E-state index is 13.4. The number of nitrogens with one attached hydrogen (secondary N) is 1. The van der Waals surface area contributed by atoms with Crippen molar-refractivity contribution >= 4 is 60.6 Å². The number of ether oxygens (including phenoxy) is 2. The van der Waals surface area contributed by atoms with Gasteiger partial charge >= 0.3 is 0 Å². The topological polar surface area (TPSA) is 94.8 Å². The van der Waals surface area contributed by atoms with Gasteiger partial charge in [0.2, 0.25) is 0 Å². The Hall–Kier alpha value is -3.57. The van der Waals surface area contributed by atoms with E-state index >= 15 is 0 Å². The first-order chi connectivity index (χ1) is 18.2. The van der Waals surface area contributed by atoms with Crippen LogP contribution in [0.3, 0.4) is 0 Å². The summed E-state index contributed by atoms with van der Waals surface area (Å²) in [7, 11) is 1.47. The first kappa shape index (κ1) is 27.5. The van der Waals surface area contributed by atoms with E-state index in [1.54, 1.807) is 30.3 Å². The zero-order chi connectivity index (χ0) is 27.4. The fourth-order valence-corrected chi connectivity index (χ4v) is 4.57. The Morgan fingerprint density at radius 3 is 2.68 bits per heavy atom. The molecule has 3 aromatic carbocycles. The summed E-state index contributed by atoms with van der Waals surface area (Å²) in [6.45, 7) is 3.55. The van der Waals surface area contributed by atoms with E-state index in [9.17, 15) is 14.0 Å². The molecule has 11 heteroatoms. The number of hydrogen-bond donors (Lipinski definition) is 1. The molecule has 0 saturated carbocycles. The lowest BCUT2D eigenvalue weighted by Gasteiger charge is -2.14. The second-order valence-corrected chi connectivity index (χ2v) is 10.3. The van der Waals surface area contributed by atoms with Crippen LogP contribution in [-0.4, -0.2) is 35.5 Å². The average Bonchev–Trinajstić information content (AvgIpc) is 2.87. The molecule has 1 heterocycles. The van der Waals surface area contributed by atoms with Gasteiger partial charge in [0.25, 0.3) is 11.5 Å². The van der Waals surface area contributed by atoms with Crippen LogP contribution < -0.4 is 20.3 Å². The number of benzene rings is 3. The van der Waals surface area contributed by atoms with Crippen molar-refractivity contribution in [3.8, 4) is 11.5 Å². The van der Waals surface area contributed by atoms with Crippen LogP contribution >= 0.6 is 31.9 Å². The van der Waals surface area contributed by atoms with E-state index in [-0.39, 0.29) is 18.1 Å². The second-order valence-electron chi connectivity index (χ2n) is 8.53. The van der Waals surface area contributed by atoms with E-state index < -0.39 is 11.7 Å². The molecule has 0 radical (unpaired) electrons. The largest absolute Gasteiger partial charge is 0.493 e. The van der Waals surface area contributed by atoms with Gasteiger partial charge in [-0.05, 0) is 70.0 Å².